The second-order valence-corrected chi connectivity index (χ2v) is 10.6. The van der Waals surface area contributed by atoms with E-state index in [1.54, 1.807) is 6.92 Å². The van der Waals surface area contributed by atoms with Gasteiger partial charge in [0.05, 0.1) is 0 Å². The van der Waals surface area contributed by atoms with Crippen LogP contribution >= 0.6 is 0 Å². The Morgan fingerprint density at radius 3 is 0.971 bits per heavy atom. The van der Waals surface area contributed by atoms with Gasteiger partial charge in [-0.2, -0.15) is 0 Å². The average molecular weight is 475 g/mol. The summed E-state index contributed by atoms with van der Waals surface area (Å²) in [6.45, 7) is 3.97. The number of rotatable bonds is 28. The number of unbranched alkanes of at least 4 members (excludes halogenated alkanes) is 22. The molecule has 0 saturated heterocycles. The topological polar surface area (TPSA) is 17.1 Å². The number of hydrogen-bond donors (Lipinski definition) is 0. The molecule has 200 valence electrons. The number of allylic oxidation sites excluding steroid dienone is 4. The highest BCUT2D eigenvalue weighted by atomic mass is 16.1. The molecule has 0 radical (unpaired) electrons. The summed E-state index contributed by atoms with van der Waals surface area (Å²) < 4.78 is 0. The number of carbonyl (C=O) groups is 1. The first-order valence-electron chi connectivity index (χ1n) is 15.6. The van der Waals surface area contributed by atoms with E-state index in [0.29, 0.717) is 5.78 Å². The van der Waals surface area contributed by atoms with Gasteiger partial charge in [-0.1, -0.05) is 140 Å². The summed E-state index contributed by atoms with van der Waals surface area (Å²) in [6, 6.07) is 0. The monoisotopic (exact) mass is 474 g/mol. The summed E-state index contributed by atoms with van der Waals surface area (Å²) in [4.78, 5) is 10.9. The highest BCUT2D eigenvalue weighted by Gasteiger charge is 1.95. The van der Waals surface area contributed by atoms with Gasteiger partial charge in [0.1, 0.15) is 5.78 Å². The second-order valence-electron chi connectivity index (χ2n) is 10.6. The van der Waals surface area contributed by atoms with Gasteiger partial charge < -0.3 is 4.79 Å². The quantitative estimate of drug-likeness (QED) is 0.0813. The van der Waals surface area contributed by atoms with E-state index < -0.39 is 0 Å². The smallest absolute Gasteiger partial charge is 0.129 e. The molecule has 0 fully saturated rings. The molecular formula is C33H62O. The van der Waals surface area contributed by atoms with Crippen molar-refractivity contribution < 1.29 is 4.79 Å². The summed E-state index contributed by atoms with van der Waals surface area (Å²) in [5, 5.41) is 0. The van der Waals surface area contributed by atoms with E-state index in [9.17, 15) is 4.79 Å². The molecule has 1 heteroatoms. The highest BCUT2D eigenvalue weighted by molar-refractivity contribution is 5.75. The first kappa shape index (κ1) is 33.1. The first-order chi connectivity index (χ1) is 16.8. The van der Waals surface area contributed by atoms with Crippen LogP contribution in [0.1, 0.15) is 181 Å². The molecule has 0 bridgehead atoms. The lowest BCUT2D eigenvalue weighted by Crippen LogP contribution is -1.87. The maximum absolute atomic E-state index is 10.9. The van der Waals surface area contributed by atoms with E-state index in [0.717, 1.165) is 19.3 Å². The van der Waals surface area contributed by atoms with Gasteiger partial charge in [0.2, 0.25) is 0 Å². The van der Waals surface area contributed by atoms with Crippen LogP contribution in [0.25, 0.3) is 0 Å². The van der Waals surface area contributed by atoms with E-state index >= 15 is 0 Å². The van der Waals surface area contributed by atoms with E-state index in [2.05, 4.69) is 31.2 Å². The Labute approximate surface area is 215 Å². The van der Waals surface area contributed by atoms with Crippen molar-refractivity contribution in [1.29, 1.82) is 0 Å². The van der Waals surface area contributed by atoms with Crippen molar-refractivity contribution in [1.82, 2.24) is 0 Å². The lowest BCUT2D eigenvalue weighted by atomic mass is 10.0. The van der Waals surface area contributed by atoms with Gasteiger partial charge in [-0.15, -0.1) is 0 Å². The predicted molar refractivity (Wildman–Crippen MR) is 155 cm³/mol. The number of carbonyl (C=O) groups excluding carboxylic acids is 1. The average Bonchev–Trinajstić information content (AvgIpc) is 2.83. The Morgan fingerprint density at radius 2 is 0.676 bits per heavy atom. The molecule has 0 aliphatic rings. The van der Waals surface area contributed by atoms with Gasteiger partial charge >= 0.3 is 0 Å². The Morgan fingerprint density at radius 1 is 0.412 bits per heavy atom. The first-order valence-corrected chi connectivity index (χ1v) is 15.6. The van der Waals surface area contributed by atoms with Crippen molar-refractivity contribution in [2.45, 2.75) is 181 Å². The van der Waals surface area contributed by atoms with Crippen LogP contribution in [0.4, 0.5) is 0 Å². The fraction of sp³-hybridized carbons (Fsp3) is 0.848. The Bertz CT molecular complexity index is 447. The molecule has 0 aromatic rings. The molecule has 0 aromatic carbocycles. The van der Waals surface area contributed by atoms with Crippen LogP contribution in [0.2, 0.25) is 0 Å². The third kappa shape index (κ3) is 31.1. The summed E-state index contributed by atoms with van der Waals surface area (Å²) in [7, 11) is 0. The maximum atomic E-state index is 10.9. The van der Waals surface area contributed by atoms with Crippen LogP contribution in [-0.4, -0.2) is 5.78 Å². The fourth-order valence-corrected chi connectivity index (χ4v) is 4.63. The highest BCUT2D eigenvalue weighted by Crippen LogP contribution is 2.14. The molecule has 0 aliphatic carbocycles. The summed E-state index contributed by atoms with van der Waals surface area (Å²) in [5.41, 5.74) is 0. The van der Waals surface area contributed by atoms with Crippen LogP contribution in [0, 0.1) is 0 Å². The minimum Gasteiger partial charge on any atom is -0.300 e. The molecule has 0 aromatic heterocycles. The largest absolute Gasteiger partial charge is 0.300 e. The zero-order chi connectivity index (χ0) is 24.8. The molecule has 34 heavy (non-hydrogen) atoms. The molecule has 0 rings (SSSR count). The summed E-state index contributed by atoms with van der Waals surface area (Å²) in [6.07, 6.45) is 44.5. The molecular weight excluding hydrogens is 412 g/mol. The van der Waals surface area contributed by atoms with Crippen LogP contribution in [0.15, 0.2) is 24.3 Å². The van der Waals surface area contributed by atoms with Gasteiger partial charge in [0.15, 0.2) is 0 Å². The lowest BCUT2D eigenvalue weighted by molar-refractivity contribution is -0.117. The third-order valence-corrected chi connectivity index (χ3v) is 6.95. The molecule has 0 atom stereocenters. The van der Waals surface area contributed by atoms with Gasteiger partial charge in [0.25, 0.3) is 0 Å². The fourth-order valence-electron chi connectivity index (χ4n) is 4.63. The Hall–Kier alpha value is -0.850. The van der Waals surface area contributed by atoms with E-state index in [1.807, 2.05) is 0 Å². The Balaban J connectivity index is 3.10. The normalized spacial score (nSPS) is 11.8. The molecule has 0 saturated carbocycles. The maximum Gasteiger partial charge on any atom is 0.129 e. The van der Waals surface area contributed by atoms with Crippen LogP contribution < -0.4 is 0 Å². The number of Topliss-reactive ketones (excluding diaryl/α,β-unsaturated/α-hetero) is 1. The van der Waals surface area contributed by atoms with Crippen molar-refractivity contribution >= 4 is 5.78 Å². The predicted octanol–water partition coefficient (Wildman–Crippen LogP) is 11.9. The van der Waals surface area contributed by atoms with Crippen LogP contribution in [0.5, 0.6) is 0 Å². The molecule has 0 heterocycles. The molecule has 1 nitrogen and oxygen atoms in total. The Kier molecular flexibility index (Phi) is 29.4. The van der Waals surface area contributed by atoms with E-state index in [4.69, 9.17) is 0 Å². The van der Waals surface area contributed by atoms with Gasteiger partial charge in [-0.25, -0.2) is 0 Å². The van der Waals surface area contributed by atoms with Crippen molar-refractivity contribution in [3.8, 4) is 0 Å². The van der Waals surface area contributed by atoms with Crippen molar-refractivity contribution in [3.05, 3.63) is 24.3 Å². The molecule has 0 amide bonds. The van der Waals surface area contributed by atoms with E-state index in [1.165, 1.54) is 148 Å². The minimum absolute atomic E-state index is 0.316. The minimum atomic E-state index is 0.316. The van der Waals surface area contributed by atoms with Gasteiger partial charge in [-0.05, 0) is 58.3 Å². The summed E-state index contributed by atoms with van der Waals surface area (Å²) >= 11 is 0. The van der Waals surface area contributed by atoms with Crippen LogP contribution in [-0.2, 0) is 4.79 Å². The molecule has 0 aliphatic heterocycles. The molecule has 0 N–H and O–H groups in total. The number of ketones is 1. The SMILES string of the molecule is CCCCCCCC/C=C\CCCCCCCCCCCCCCCC/C=C\CCCC(C)=O. The zero-order valence-electron chi connectivity index (χ0n) is 23.6. The van der Waals surface area contributed by atoms with Crippen molar-refractivity contribution in [3.63, 3.8) is 0 Å². The van der Waals surface area contributed by atoms with Crippen molar-refractivity contribution in [2.75, 3.05) is 0 Å². The lowest BCUT2D eigenvalue weighted by Gasteiger charge is -2.03. The summed E-state index contributed by atoms with van der Waals surface area (Å²) in [5.74, 6) is 0.316. The molecule has 0 spiro atoms. The van der Waals surface area contributed by atoms with Crippen molar-refractivity contribution in [2.24, 2.45) is 0 Å². The van der Waals surface area contributed by atoms with Gasteiger partial charge in [-0.3, -0.25) is 0 Å². The molecule has 0 unspecified atom stereocenters. The third-order valence-electron chi connectivity index (χ3n) is 6.95. The standard InChI is InChI=1S/C33H62O/c1-3-4-5-6-7-8-9-10-11-12-13-14-15-16-17-18-19-20-21-22-23-24-25-26-27-28-29-30-31-32-33(2)34/h10-11,28-29H,3-9,12-27,30-32H2,1-2H3/b11-10-,29-28-. The van der Waals surface area contributed by atoms with Gasteiger partial charge in [0, 0.05) is 6.42 Å². The van der Waals surface area contributed by atoms with Crippen LogP contribution in [0.3, 0.4) is 0 Å². The zero-order valence-corrected chi connectivity index (χ0v) is 23.6. The van der Waals surface area contributed by atoms with E-state index in [-0.39, 0.29) is 0 Å². The second kappa shape index (κ2) is 30.2. The number of hydrogen-bond acceptors (Lipinski definition) is 1.